The molecule has 0 fully saturated rings. The first-order chi connectivity index (χ1) is 9.62. The highest BCUT2D eigenvalue weighted by Crippen LogP contribution is 2.24. The fraction of sp³-hybridized carbons (Fsp3) is 0.500. The molecule has 2 amide bonds. The molecule has 0 bridgehead atoms. The first kappa shape index (κ1) is 17.0. The fourth-order valence-corrected chi connectivity index (χ4v) is 1.72. The van der Waals surface area contributed by atoms with Gasteiger partial charge in [-0.1, -0.05) is 33.8 Å². The molecule has 0 saturated carbocycles. The van der Waals surface area contributed by atoms with Gasteiger partial charge in [0.15, 0.2) is 0 Å². The Bertz CT molecular complexity index is 533. The van der Waals surface area contributed by atoms with E-state index >= 15 is 0 Å². The molecule has 116 valence electrons. The zero-order chi connectivity index (χ0) is 16.2. The second kappa shape index (κ2) is 6.61. The van der Waals surface area contributed by atoms with Gasteiger partial charge in [-0.05, 0) is 36.0 Å². The van der Waals surface area contributed by atoms with Crippen molar-refractivity contribution in [2.75, 3.05) is 11.9 Å². The lowest BCUT2D eigenvalue weighted by Crippen LogP contribution is -2.36. The Morgan fingerprint density at radius 3 is 2.43 bits per heavy atom. The number of carbonyl (C=O) groups excluding carboxylic acids is 1. The number of carboxylic acids is 1. The largest absolute Gasteiger partial charge is 0.478 e. The summed E-state index contributed by atoms with van der Waals surface area (Å²) in [6.45, 7) is 10.7. The lowest BCUT2D eigenvalue weighted by molar-refractivity contribution is 0.0696. The highest BCUT2D eigenvalue weighted by molar-refractivity contribution is 5.95. The molecule has 5 nitrogen and oxygen atoms in total. The lowest BCUT2D eigenvalue weighted by Gasteiger charge is -2.27. The van der Waals surface area contributed by atoms with Gasteiger partial charge in [0.2, 0.25) is 0 Å². The molecule has 0 saturated heterocycles. The van der Waals surface area contributed by atoms with Crippen molar-refractivity contribution in [3.05, 3.63) is 29.3 Å². The Kier molecular flexibility index (Phi) is 5.35. The van der Waals surface area contributed by atoms with Gasteiger partial charge in [-0.3, -0.25) is 0 Å². The molecule has 1 atom stereocenters. The van der Waals surface area contributed by atoms with E-state index in [0.717, 1.165) is 0 Å². The summed E-state index contributed by atoms with van der Waals surface area (Å²) >= 11 is 0. The summed E-state index contributed by atoms with van der Waals surface area (Å²) in [4.78, 5) is 23.0. The number of hydrogen-bond donors (Lipinski definition) is 3. The maximum atomic E-state index is 11.9. The number of nitrogens with one attached hydrogen (secondary N) is 2. The normalized spacial score (nSPS) is 12.6. The van der Waals surface area contributed by atoms with Crippen molar-refractivity contribution in [1.29, 1.82) is 0 Å². The summed E-state index contributed by atoms with van der Waals surface area (Å²) in [7, 11) is 0. The fourth-order valence-electron chi connectivity index (χ4n) is 1.72. The lowest BCUT2D eigenvalue weighted by atomic mass is 9.82. The molecule has 0 heterocycles. The third-order valence-electron chi connectivity index (χ3n) is 3.86. The van der Waals surface area contributed by atoms with Gasteiger partial charge in [0, 0.05) is 12.2 Å². The van der Waals surface area contributed by atoms with Crippen LogP contribution in [0.25, 0.3) is 0 Å². The molecule has 1 unspecified atom stereocenters. The number of urea groups is 1. The third kappa shape index (κ3) is 4.77. The average molecular weight is 292 g/mol. The molecule has 0 radical (unpaired) electrons. The molecule has 0 aliphatic carbocycles. The van der Waals surface area contributed by atoms with Crippen LogP contribution in [-0.4, -0.2) is 23.7 Å². The Morgan fingerprint density at radius 1 is 1.29 bits per heavy atom. The molecule has 21 heavy (non-hydrogen) atoms. The van der Waals surface area contributed by atoms with Gasteiger partial charge >= 0.3 is 12.0 Å². The van der Waals surface area contributed by atoms with E-state index in [9.17, 15) is 9.59 Å². The van der Waals surface area contributed by atoms with Crippen molar-refractivity contribution >= 4 is 17.7 Å². The molecule has 1 aromatic rings. The number of aromatic carboxylic acids is 1. The van der Waals surface area contributed by atoms with Gasteiger partial charge in [-0.2, -0.15) is 0 Å². The van der Waals surface area contributed by atoms with E-state index in [1.807, 2.05) is 0 Å². The van der Waals surface area contributed by atoms with E-state index in [4.69, 9.17) is 5.11 Å². The summed E-state index contributed by atoms with van der Waals surface area (Å²) in [6.07, 6.45) is 0. The molecular weight excluding hydrogens is 268 g/mol. The van der Waals surface area contributed by atoms with E-state index in [0.29, 0.717) is 23.7 Å². The minimum absolute atomic E-state index is 0.117. The van der Waals surface area contributed by atoms with Crippen molar-refractivity contribution in [3.8, 4) is 0 Å². The van der Waals surface area contributed by atoms with Crippen molar-refractivity contribution in [2.45, 2.75) is 34.6 Å². The van der Waals surface area contributed by atoms with Crippen LogP contribution >= 0.6 is 0 Å². The number of hydrogen-bond acceptors (Lipinski definition) is 2. The van der Waals surface area contributed by atoms with Gasteiger partial charge in [-0.15, -0.1) is 0 Å². The zero-order valence-electron chi connectivity index (χ0n) is 13.3. The summed E-state index contributed by atoms with van der Waals surface area (Å²) < 4.78 is 0. The quantitative estimate of drug-likeness (QED) is 0.794. The number of benzene rings is 1. The first-order valence-corrected chi connectivity index (χ1v) is 7.00. The van der Waals surface area contributed by atoms with E-state index in [-0.39, 0.29) is 17.0 Å². The van der Waals surface area contributed by atoms with E-state index in [1.54, 1.807) is 19.1 Å². The van der Waals surface area contributed by atoms with Crippen LogP contribution in [0.2, 0.25) is 0 Å². The zero-order valence-corrected chi connectivity index (χ0v) is 13.3. The minimum atomic E-state index is -1.00. The molecule has 1 rings (SSSR count). The van der Waals surface area contributed by atoms with Crippen LogP contribution in [0, 0.1) is 18.3 Å². The Hall–Kier alpha value is -2.04. The maximum Gasteiger partial charge on any atom is 0.336 e. The van der Waals surface area contributed by atoms with E-state index < -0.39 is 5.97 Å². The van der Waals surface area contributed by atoms with Gasteiger partial charge in [0.05, 0.1) is 5.56 Å². The summed E-state index contributed by atoms with van der Waals surface area (Å²) in [5, 5.41) is 14.6. The first-order valence-electron chi connectivity index (χ1n) is 7.00. The van der Waals surface area contributed by atoms with Crippen LogP contribution in [0.3, 0.4) is 0 Å². The van der Waals surface area contributed by atoms with E-state index in [1.165, 1.54) is 6.07 Å². The number of carboxylic acid groups (broad SMARTS) is 1. The maximum absolute atomic E-state index is 11.9. The molecule has 1 aromatic carbocycles. The summed E-state index contributed by atoms with van der Waals surface area (Å²) in [5.74, 6) is -0.674. The van der Waals surface area contributed by atoms with Gasteiger partial charge in [0.1, 0.15) is 0 Å². The molecule has 3 N–H and O–H groups in total. The highest BCUT2D eigenvalue weighted by Gasteiger charge is 2.20. The van der Waals surface area contributed by atoms with Crippen LogP contribution in [-0.2, 0) is 0 Å². The minimum Gasteiger partial charge on any atom is -0.478 e. The standard InChI is InChI=1S/C16H24N2O3/c1-10(16(3,4)5)9-17-15(21)18-13-8-6-7-12(11(13)2)14(19)20/h6-8,10H,9H2,1-5H3,(H,19,20)(H2,17,18,21). The second-order valence-corrected chi connectivity index (χ2v) is 6.39. The number of anilines is 1. The van der Waals surface area contributed by atoms with Gasteiger partial charge < -0.3 is 15.7 Å². The Morgan fingerprint density at radius 2 is 1.90 bits per heavy atom. The van der Waals surface area contributed by atoms with Gasteiger partial charge in [-0.25, -0.2) is 9.59 Å². The number of carbonyl (C=O) groups is 2. The molecule has 0 aliphatic heterocycles. The molecule has 0 spiro atoms. The Balaban J connectivity index is 2.68. The van der Waals surface area contributed by atoms with Crippen LogP contribution in [0.15, 0.2) is 18.2 Å². The molecule has 0 aromatic heterocycles. The summed E-state index contributed by atoms with van der Waals surface area (Å²) in [6, 6.07) is 4.50. The second-order valence-electron chi connectivity index (χ2n) is 6.39. The summed E-state index contributed by atoms with van der Waals surface area (Å²) in [5.41, 5.74) is 1.36. The van der Waals surface area contributed by atoms with Crippen molar-refractivity contribution in [2.24, 2.45) is 11.3 Å². The molecular formula is C16H24N2O3. The SMILES string of the molecule is Cc1c(NC(=O)NCC(C)C(C)(C)C)cccc1C(=O)O. The number of amides is 2. The molecule has 0 aliphatic rings. The van der Waals surface area contributed by atoms with Crippen LogP contribution in [0.4, 0.5) is 10.5 Å². The molecule has 5 heteroatoms. The van der Waals surface area contributed by atoms with Crippen molar-refractivity contribution in [3.63, 3.8) is 0 Å². The highest BCUT2D eigenvalue weighted by atomic mass is 16.4. The topological polar surface area (TPSA) is 78.4 Å². The number of rotatable bonds is 4. The Labute approximate surface area is 125 Å². The van der Waals surface area contributed by atoms with Crippen LogP contribution in [0.1, 0.15) is 43.6 Å². The van der Waals surface area contributed by atoms with E-state index in [2.05, 4.69) is 38.3 Å². The predicted octanol–water partition coefficient (Wildman–Crippen LogP) is 3.50. The van der Waals surface area contributed by atoms with Crippen molar-refractivity contribution in [1.82, 2.24) is 5.32 Å². The van der Waals surface area contributed by atoms with Crippen molar-refractivity contribution < 1.29 is 14.7 Å². The third-order valence-corrected chi connectivity index (χ3v) is 3.86. The van der Waals surface area contributed by atoms with Crippen LogP contribution < -0.4 is 10.6 Å². The van der Waals surface area contributed by atoms with Crippen LogP contribution in [0.5, 0.6) is 0 Å². The van der Waals surface area contributed by atoms with Gasteiger partial charge in [0.25, 0.3) is 0 Å². The smallest absolute Gasteiger partial charge is 0.336 e. The average Bonchev–Trinajstić information content (AvgIpc) is 2.36. The monoisotopic (exact) mass is 292 g/mol. The predicted molar refractivity (Wildman–Crippen MR) is 83.8 cm³/mol.